The van der Waals surface area contributed by atoms with E-state index in [0.29, 0.717) is 0 Å². The molecule has 0 N–H and O–H groups in total. The molecule has 0 unspecified atom stereocenters. The van der Waals surface area contributed by atoms with Gasteiger partial charge in [0.15, 0.2) is 0 Å². The van der Waals surface area contributed by atoms with E-state index in [2.05, 4.69) is 41.2 Å². The molecule has 4 heteroatoms. The van der Waals surface area contributed by atoms with E-state index in [-0.39, 0.29) is 0 Å². The molecule has 0 spiro atoms. The lowest BCUT2D eigenvalue weighted by molar-refractivity contribution is 0.562. The van der Waals surface area contributed by atoms with E-state index in [9.17, 15) is 0 Å². The molecule has 2 aromatic carbocycles. The van der Waals surface area contributed by atoms with Crippen LogP contribution in [0.5, 0.6) is 0 Å². The summed E-state index contributed by atoms with van der Waals surface area (Å²) in [5, 5.41) is 2.20. The maximum Gasteiger partial charge on any atom is 0.129 e. The van der Waals surface area contributed by atoms with Crippen LogP contribution in [0, 0.1) is 6.92 Å². The number of unbranched alkanes of at least 4 members (excludes halogenated alkanes) is 8. The zero-order chi connectivity index (χ0) is 19.3. The van der Waals surface area contributed by atoms with Crippen molar-refractivity contribution >= 4 is 32.8 Å². The molecule has 146 valence electrons. The van der Waals surface area contributed by atoms with Crippen molar-refractivity contribution in [2.24, 2.45) is 0 Å². The van der Waals surface area contributed by atoms with E-state index in [1.54, 1.807) is 0 Å². The molecule has 0 amide bonds. The molecule has 0 saturated carbocycles. The van der Waals surface area contributed by atoms with Crippen LogP contribution in [-0.2, 0) is 6.42 Å². The fourth-order valence-electron chi connectivity index (χ4n) is 4.18. The van der Waals surface area contributed by atoms with Gasteiger partial charge in [0.2, 0.25) is 0 Å². The van der Waals surface area contributed by atoms with E-state index in [1.807, 2.05) is 6.92 Å². The Morgan fingerprint density at radius 3 is 1.50 bits per heavy atom. The number of benzene rings is 2. The third kappa shape index (κ3) is 4.06. The second-order valence-electron chi connectivity index (χ2n) is 7.95. The van der Waals surface area contributed by atoms with Crippen LogP contribution in [0.4, 0.5) is 0 Å². The molecule has 0 radical (unpaired) electrons. The summed E-state index contributed by atoms with van der Waals surface area (Å²) in [5.74, 6) is 1.77. The first-order valence-corrected chi connectivity index (χ1v) is 10.9. The standard InChI is InChI=1S/C24H30N4/c1-3-4-5-6-7-8-9-10-11-12-22-27-20-15-13-18-23-19(26-17(2)25-18)14-16-21(28-22)24(20)23/h13-16H,3-12H2,1-2H3. The summed E-state index contributed by atoms with van der Waals surface area (Å²) in [6, 6.07) is 8.29. The molecule has 0 bridgehead atoms. The summed E-state index contributed by atoms with van der Waals surface area (Å²) in [5.41, 5.74) is 4.00. The van der Waals surface area contributed by atoms with Gasteiger partial charge >= 0.3 is 0 Å². The van der Waals surface area contributed by atoms with Crippen molar-refractivity contribution in [2.45, 2.75) is 78.1 Å². The Morgan fingerprint density at radius 2 is 1.00 bits per heavy atom. The lowest BCUT2D eigenvalue weighted by Gasteiger charge is -2.10. The first kappa shape index (κ1) is 19.0. The first-order chi connectivity index (χ1) is 13.8. The predicted molar refractivity (Wildman–Crippen MR) is 117 cm³/mol. The number of hydrogen-bond acceptors (Lipinski definition) is 4. The monoisotopic (exact) mass is 374 g/mol. The molecular weight excluding hydrogens is 344 g/mol. The Labute approximate surface area is 167 Å². The molecule has 0 fully saturated rings. The van der Waals surface area contributed by atoms with Crippen molar-refractivity contribution in [3.05, 3.63) is 35.9 Å². The Hall–Kier alpha value is -2.36. The molecule has 0 aliphatic rings. The van der Waals surface area contributed by atoms with Crippen molar-refractivity contribution in [3.63, 3.8) is 0 Å². The SMILES string of the molecule is CCCCCCCCCCCc1nc2ccc3nc(C)nc4ccc(n1)c2c34. The van der Waals surface area contributed by atoms with E-state index in [0.717, 1.165) is 50.9 Å². The molecule has 4 rings (SSSR count). The summed E-state index contributed by atoms with van der Waals surface area (Å²) in [7, 11) is 0. The van der Waals surface area contributed by atoms with Crippen LogP contribution in [0.1, 0.15) is 76.4 Å². The largest absolute Gasteiger partial charge is 0.233 e. The zero-order valence-electron chi connectivity index (χ0n) is 17.2. The maximum absolute atomic E-state index is 4.85. The summed E-state index contributed by atoms with van der Waals surface area (Å²) >= 11 is 0. The van der Waals surface area contributed by atoms with Crippen molar-refractivity contribution in [1.82, 2.24) is 19.9 Å². The number of rotatable bonds is 10. The van der Waals surface area contributed by atoms with Gasteiger partial charge in [-0.05, 0) is 37.6 Å². The van der Waals surface area contributed by atoms with E-state index < -0.39 is 0 Å². The normalized spacial score (nSPS) is 11.9. The topological polar surface area (TPSA) is 51.6 Å². The Kier molecular flexibility index (Phi) is 5.94. The molecule has 0 aliphatic heterocycles. The van der Waals surface area contributed by atoms with Gasteiger partial charge in [-0.3, -0.25) is 0 Å². The molecule has 4 aromatic rings. The van der Waals surface area contributed by atoms with Crippen LogP contribution >= 0.6 is 0 Å². The molecular formula is C24H30N4. The molecule has 28 heavy (non-hydrogen) atoms. The van der Waals surface area contributed by atoms with Crippen molar-refractivity contribution in [1.29, 1.82) is 0 Å². The van der Waals surface area contributed by atoms with Crippen molar-refractivity contribution in [2.75, 3.05) is 0 Å². The quantitative estimate of drug-likeness (QED) is 0.233. The average molecular weight is 375 g/mol. The summed E-state index contributed by atoms with van der Waals surface area (Å²) < 4.78 is 0. The van der Waals surface area contributed by atoms with Crippen LogP contribution in [-0.4, -0.2) is 19.9 Å². The zero-order valence-corrected chi connectivity index (χ0v) is 17.2. The van der Waals surface area contributed by atoms with Crippen molar-refractivity contribution < 1.29 is 0 Å². The fourth-order valence-corrected chi connectivity index (χ4v) is 4.18. The molecule has 2 aromatic heterocycles. The number of nitrogens with zero attached hydrogens (tertiary/aromatic N) is 4. The average Bonchev–Trinajstić information content (AvgIpc) is 2.70. The Morgan fingerprint density at radius 1 is 0.571 bits per heavy atom. The van der Waals surface area contributed by atoms with E-state index in [4.69, 9.17) is 9.97 Å². The van der Waals surface area contributed by atoms with Gasteiger partial charge in [-0.1, -0.05) is 58.3 Å². The second-order valence-corrected chi connectivity index (χ2v) is 7.95. The predicted octanol–water partition coefficient (Wildman–Crippen LogP) is 6.55. The number of aromatic nitrogens is 4. The molecule has 0 atom stereocenters. The van der Waals surface area contributed by atoms with Gasteiger partial charge in [-0.25, -0.2) is 19.9 Å². The molecule has 2 heterocycles. The summed E-state index contributed by atoms with van der Waals surface area (Å²) in [6.07, 6.45) is 13.0. The highest BCUT2D eigenvalue weighted by Gasteiger charge is 2.13. The van der Waals surface area contributed by atoms with Crippen LogP contribution in [0.25, 0.3) is 32.8 Å². The third-order valence-corrected chi connectivity index (χ3v) is 5.64. The summed E-state index contributed by atoms with van der Waals surface area (Å²) in [4.78, 5) is 18.9. The van der Waals surface area contributed by atoms with Crippen LogP contribution in [0.15, 0.2) is 24.3 Å². The number of aryl methyl sites for hydroxylation is 2. The highest BCUT2D eigenvalue weighted by atomic mass is 14.9. The second kappa shape index (κ2) is 8.76. The van der Waals surface area contributed by atoms with Crippen LogP contribution in [0.2, 0.25) is 0 Å². The summed E-state index contributed by atoms with van der Waals surface area (Å²) in [6.45, 7) is 4.21. The molecule has 0 aliphatic carbocycles. The van der Waals surface area contributed by atoms with Gasteiger partial charge in [-0.2, -0.15) is 0 Å². The van der Waals surface area contributed by atoms with Gasteiger partial charge in [0.25, 0.3) is 0 Å². The minimum absolute atomic E-state index is 0.804. The fraction of sp³-hybridized carbons (Fsp3) is 0.500. The Bertz CT molecular complexity index is 990. The number of hydrogen-bond donors (Lipinski definition) is 0. The van der Waals surface area contributed by atoms with Crippen molar-refractivity contribution in [3.8, 4) is 0 Å². The van der Waals surface area contributed by atoms with Gasteiger partial charge in [0.05, 0.1) is 22.1 Å². The van der Waals surface area contributed by atoms with Crippen LogP contribution in [0.3, 0.4) is 0 Å². The smallest absolute Gasteiger partial charge is 0.129 e. The first-order valence-electron chi connectivity index (χ1n) is 10.9. The van der Waals surface area contributed by atoms with Gasteiger partial charge in [0, 0.05) is 17.2 Å². The molecule has 0 saturated heterocycles. The minimum atomic E-state index is 0.804. The molecule has 4 nitrogen and oxygen atoms in total. The van der Waals surface area contributed by atoms with E-state index in [1.165, 1.54) is 57.8 Å². The minimum Gasteiger partial charge on any atom is -0.233 e. The maximum atomic E-state index is 4.85. The van der Waals surface area contributed by atoms with Crippen LogP contribution < -0.4 is 0 Å². The Balaban J connectivity index is 1.41. The van der Waals surface area contributed by atoms with E-state index >= 15 is 0 Å². The highest BCUT2D eigenvalue weighted by molar-refractivity contribution is 6.19. The lowest BCUT2D eigenvalue weighted by atomic mass is 10.0. The third-order valence-electron chi connectivity index (χ3n) is 5.64. The highest BCUT2D eigenvalue weighted by Crippen LogP contribution is 2.31. The van der Waals surface area contributed by atoms with Gasteiger partial charge in [-0.15, -0.1) is 0 Å². The lowest BCUT2D eigenvalue weighted by Crippen LogP contribution is -2.00. The van der Waals surface area contributed by atoms with Gasteiger partial charge < -0.3 is 0 Å². The van der Waals surface area contributed by atoms with Gasteiger partial charge in [0.1, 0.15) is 11.6 Å².